The van der Waals surface area contributed by atoms with E-state index in [1.54, 1.807) is 6.20 Å². The topological polar surface area (TPSA) is 61.0 Å². The first kappa shape index (κ1) is 18.2. The number of benzene rings is 1. The highest BCUT2D eigenvalue weighted by Gasteiger charge is 2.09. The predicted octanol–water partition coefficient (Wildman–Crippen LogP) is 3.33. The second kappa shape index (κ2) is 8.23. The predicted molar refractivity (Wildman–Crippen MR) is 115 cm³/mol. The number of aromatic nitrogens is 2. The van der Waals surface area contributed by atoms with Crippen molar-refractivity contribution >= 4 is 17.8 Å². The molecular weight excluding hydrogens is 348 g/mol. The van der Waals surface area contributed by atoms with Crippen LogP contribution in [-0.4, -0.2) is 36.1 Å². The summed E-state index contributed by atoms with van der Waals surface area (Å²) in [5.41, 5.74) is 5.87. The molecule has 5 nitrogen and oxygen atoms in total. The highest BCUT2D eigenvalue weighted by Crippen LogP contribution is 2.20. The molecule has 2 N–H and O–H groups in total. The van der Waals surface area contributed by atoms with E-state index in [9.17, 15) is 4.79 Å². The number of aromatic amines is 1. The summed E-state index contributed by atoms with van der Waals surface area (Å²) in [7, 11) is 0. The lowest BCUT2D eigenvalue weighted by atomic mass is 10.1. The first-order valence-electron chi connectivity index (χ1n) is 9.58. The number of aryl methyl sites for hydroxylation is 1. The molecule has 0 aliphatic carbocycles. The number of rotatable bonds is 4. The number of hydrogen-bond acceptors (Lipinski definition) is 4. The van der Waals surface area contributed by atoms with E-state index in [0.29, 0.717) is 5.56 Å². The Morgan fingerprint density at radius 3 is 2.54 bits per heavy atom. The molecular formula is C23H24N4O. The van der Waals surface area contributed by atoms with Gasteiger partial charge in [0.25, 0.3) is 5.56 Å². The Labute approximate surface area is 164 Å². The minimum absolute atomic E-state index is 0.0990. The molecule has 0 unspecified atom stereocenters. The lowest BCUT2D eigenvalue weighted by Crippen LogP contribution is -2.43. The molecule has 2 aromatic heterocycles. The third kappa shape index (κ3) is 4.21. The Kier molecular flexibility index (Phi) is 5.35. The van der Waals surface area contributed by atoms with Crippen molar-refractivity contribution in [2.45, 2.75) is 6.92 Å². The van der Waals surface area contributed by atoms with E-state index in [1.807, 2.05) is 37.5 Å². The van der Waals surface area contributed by atoms with Gasteiger partial charge in [-0.05, 0) is 48.4 Å². The third-order valence-electron chi connectivity index (χ3n) is 4.97. The summed E-state index contributed by atoms with van der Waals surface area (Å²) >= 11 is 0. The molecule has 1 saturated heterocycles. The molecule has 0 atom stereocenters. The highest BCUT2D eigenvalue weighted by atomic mass is 16.1. The van der Waals surface area contributed by atoms with Crippen LogP contribution in [0, 0.1) is 6.92 Å². The molecule has 5 heteroatoms. The van der Waals surface area contributed by atoms with Gasteiger partial charge in [0.15, 0.2) is 0 Å². The van der Waals surface area contributed by atoms with Gasteiger partial charge in [0, 0.05) is 67.1 Å². The normalized spacial score (nSPS) is 14.5. The fourth-order valence-electron chi connectivity index (χ4n) is 3.41. The molecule has 3 aromatic rings. The zero-order valence-corrected chi connectivity index (χ0v) is 16.0. The smallest absolute Gasteiger partial charge is 0.255 e. The molecule has 0 radical (unpaired) electrons. The van der Waals surface area contributed by atoms with Crippen molar-refractivity contribution < 1.29 is 0 Å². The summed E-state index contributed by atoms with van der Waals surface area (Å²) in [6.45, 7) is 6.12. The monoisotopic (exact) mass is 372 g/mol. The van der Waals surface area contributed by atoms with Gasteiger partial charge in [0.1, 0.15) is 0 Å². The number of nitrogens with zero attached hydrogens (tertiary/aromatic N) is 2. The number of nitrogens with one attached hydrogen (secondary N) is 2. The number of anilines is 1. The fraction of sp³-hybridized carbons (Fsp3) is 0.217. The van der Waals surface area contributed by atoms with Crippen molar-refractivity contribution in [3.8, 4) is 11.1 Å². The summed E-state index contributed by atoms with van der Waals surface area (Å²) in [6, 6.07) is 12.4. The Hall–Kier alpha value is -3.18. The van der Waals surface area contributed by atoms with Gasteiger partial charge in [-0.15, -0.1) is 0 Å². The largest absolute Gasteiger partial charge is 0.369 e. The average Bonchev–Trinajstić information content (AvgIpc) is 2.74. The Morgan fingerprint density at radius 1 is 1.00 bits per heavy atom. The molecule has 142 valence electrons. The third-order valence-corrected chi connectivity index (χ3v) is 4.97. The zero-order chi connectivity index (χ0) is 19.3. The highest BCUT2D eigenvalue weighted by molar-refractivity contribution is 5.73. The van der Waals surface area contributed by atoms with Crippen LogP contribution in [-0.2, 0) is 0 Å². The Balaban J connectivity index is 1.54. The molecule has 28 heavy (non-hydrogen) atoms. The van der Waals surface area contributed by atoms with E-state index in [2.05, 4.69) is 50.5 Å². The summed E-state index contributed by atoms with van der Waals surface area (Å²) in [5, 5.41) is 3.37. The SMILES string of the molecule is Cc1cncc(-c2c[nH]c(=O)c(/C=C/c3ccc(N4CCNCC4)cc3)c2)c1. The minimum Gasteiger partial charge on any atom is -0.369 e. The molecule has 0 amide bonds. The van der Waals surface area contributed by atoms with Crippen molar-refractivity contribution in [1.29, 1.82) is 0 Å². The summed E-state index contributed by atoms with van der Waals surface area (Å²) in [5.74, 6) is 0. The van der Waals surface area contributed by atoms with Gasteiger partial charge in [0.05, 0.1) is 0 Å². The van der Waals surface area contributed by atoms with E-state index >= 15 is 0 Å². The maximum atomic E-state index is 12.2. The number of hydrogen-bond donors (Lipinski definition) is 2. The first-order valence-corrected chi connectivity index (χ1v) is 9.58. The van der Waals surface area contributed by atoms with Gasteiger partial charge in [-0.3, -0.25) is 9.78 Å². The quantitative estimate of drug-likeness (QED) is 0.738. The van der Waals surface area contributed by atoms with Crippen LogP contribution in [0.1, 0.15) is 16.7 Å². The van der Waals surface area contributed by atoms with E-state index < -0.39 is 0 Å². The van der Waals surface area contributed by atoms with E-state index in [4.69, 9.17) is 0 Å². The summed E-state index contributed by atoms with van der Waals surface area (Å²) < 4.78 is 0. The van der Waals surface area contributed by atoms with E-state index in [1.165, 1.54) is 5.69 Å². The Morgan fingerprint density at radius 2 is 1.79 bits per heavy atom. The molecule has 0 spiro atoms. The van der Waals surface area contributed by atoms with Crippen molar-refractivity contribution in [2.24, 2.45) is 0 Å². The molecule has 3 heterocycles. The maximum absolute atomic E-state index is 12.2. The van der Waals surface area contributed by atoms with Gasteiger partial charge in [-0.2, -0.15) is 0 Å². The van der Waals surface area contributed by atoms with Crippen LogP contribution in [0.3, 0.4) is 0 Å². The summed E-state index contributed by atoms with van der Waals surface area (Å²) in [4.78, 5) is 21.7. The van der Waals surface area contributed by atoms with E-state index in [-0.39, 0.29) is 5.56 Å². The molecule has 1 aliphatic heterocycles. The lowest BCUT2D eigenvalue weighted by Gasteiger charge is -2.29. The molecule has 1 fully saturated rings. The van der Waals surface area contributed by atoms with Crippen LogP contribution in [0.25, 0.3) is 23.3 Å². The average molecular weight is 372 g/mol. The number of piperazine rings is 1. The van der Waals surface area contributed by atoms with Crippen molar-refractivity contribution in [3.63, 3.8) is 0 Å². The molecule has 1 aromatic carbocycles. The van der Waals surface area contributed by atoms with Gasteiger partial charge >= 0.3 is 0 Å². The van der Waals surface area contributed by atoms with Crippen LogP contribution in [0.15, 0.2) is 59.8 Å². The van der Waals surface area contributed by atoms with Crippen LogP contribution in [0.2, 0.25) is 0 Å². The van der Waals surface area contributed by atoms with Gasteiger partial charge in [-0.1, -0.05) is 18.2 Å². The van der Waals surface area contributed by atoms with Gasteiger partial charge in [-0.25, -0.2) is 0 Å². The maximum Gasteiger partial charge on any atom is 0.255 e. The molecule has 1 aliphatic rings. The van der Waals surface area contributed by atoms with Crippen LogP contribution in [0.4, 0.5) is 5.69 Å². The van der Waals surface area contributed by atoms with Gasteiger partial charge < -0.3 is 15.2 Å². The molecule has 4 rings (SSSR count). The van der Waals surface area contributed by atoms with E-state index in [0.717, 1.165) is 48.4 Å². The van der Waals surface area contributed by atoms with Crippen molar-refractivity contribution in [2.75, 3.05) is 31.1 Å². The second-order valence-electron chi connectivity index (χ2n) is 7.09. The Bertz CT molecular complexity index is 1030. The first-order chi connectivity index (χ1) is 13.7. The second-order valence-corrected chi connectivity index (χ2v) is 7.09. The number of pyridine rings is 2. The fourth-order valence-corrected chi connectivity index (χ4v) is 3.41. The summed E-state index contributed by atoms with van der Waals surface area (Å²) in [6.07, 6.45) is 9.21. The van der Waals surface area contributed by atoms with Crippen molar-refractivity contribution in [3.05, 3.63) is 82.0 Å². The standard InChI is InChI=1S/C23H24N4O/c1-17-12-20(15-25-14-17)21-13-19(23(28)26-16-21)5-2-18-3-6-22(7-4-18)27-10-8-24-9-11-27/h2-7,12-16,24H,8-11H2,1H3,(H,26,28)/b5-2+. The lowest BCUT2D eigenvalue weighted by molar-refractivity contribution is 0.589. The minimum atomic E-state index is -0.0990. The molecule has 0 bridgehead atoms. The molecule has 0 saturated carbocycles. The van der Waals surface area contributed by atoms with Gasteiger partial charge in [0.2, 0.25) is 0 Å². The van der Waals surface area contributed by atoms with Crippen LogP contribution >= 0.6 is 0 Å². The van der Waals surface area contributed by atoms with Crippen LogP contribution < -0.4 is 15.8 Å². The van der Waals surface area contributed by atoms with Crippen molar-refractivity contribution in [1.82, 2.24) is 15.3 Å². The van der Waals surface area contributed by atoms with Crippen LogP contribution in [0.5, 0.6) is 0 Å². The number of H-pyrrole nitrogens is 1. The zero-order valence-electron chi connectivity index (χ0n) is 16.0.